The Hall–Kier alpha value is -0.690. The van der Waals surface area contributed by atoms with Crippen LogP contribution in [-0.2, 0) is 5.88 Å². The number of alkyl halides is 1. The van der Waals surface area contributed by atoms with Crippen LogP contribution in [0.15, 0.2) is 18.2 Å². The molecule has 1 saturated carbocycles. The van der Waals surface area contributed by atoms with E-state index in [0.29, 0.717) is 5.88 Å². The summed E-state index contributed by atoms with van der Waals surface area (Å²) in [6.07, 6.45) is 4.01. The Labute approximate surface area is 110 Å². The van der Waals surface area contributed by atoms with Gasteiger partial charge in [-0.15, -0.1) is 11.6 Å². The molecule has 0 aromatic heterocycles. The summed E-state index contributed by atoms with van der Waals surface area (Å²) in [7, 11) is 0. The molecular formula is C15H22ClN. The number of nitrogens with zero attached hydrogens (tertiary/aromatic N) is 1. The van der Waals surface area contributed by atoms with Crippen molar-refractivity contribution in [2.75, 3.05) is 18.0 Å². The third-order valence-electron chi connectivity index (χ3n) is 3.39. The zero-order valence-corrected chi connectivity index (χ0v) is 11.6. The highest BCUT2D eigenvalue weighted by molar-refractivity contribution is 6.17. The number of aryl methyl sites for hydroxylation is 1. The molecule has 1 aromatic carbocycles. The Kier molecular flexibility index (Phi) is 4.33. The lowest BCUT2D eigenvalue weighted by Crippen LogP contribution is -2.27. The first kappa shape index (κ1) is 12.8. The number of benzene rings is 1. The normalized spacial score (nSPS) is 15.0. The lowest BCUT2D eigenvalue weighted by molar-refractivity contribution is 0.706. The van der Waals surface area contributed by atoms with Crippen molar-refractivity contribution in [3.05, 3.63) is 29.3 Å². The van der Waals surface area contributed by atoms with Gasteiger partial charge in [-0.3, -0.25) is 0 Å². The summed E-state index contributed by atoms with van der Waals surface area (Å²) in [6.45, 7) is 6.73. The van der Waals surface area contributed by atoms with Gasteiger partial charge in [-0.05, 0) is 43.7 Å². The first-order chi connectivity index (χ1) is 8.24. The molecule has 0 bridgehead atoms. The maximum absolute atomic E-state index is 6.07. The van der Waals surface area contributed by atoms with E-state index in [0.717, 1.165) is 12.5 Å². The third-order valence-corrected chi connectivity index (χ3v) is 3.68. The van der Waals surface area contributed by atoms with Gasteiger partial charge < -0.3 is 4.90 Å². The lowest BCUT2D eigenvalue weighted by atomic mass is 10.1. The van der Waals surface area contributed by atoms with Crippen molar-refractivity contribution in [2.24, 2.45) is 5.92 Å². The minimum atomic E-state index is 0.613. The van der Waals surface area contributed by atoms with E-state index >= 15 is 0 Å². The van der Waals surface area contributed by atoms with E-state index in [1.165, 1.54) is 42.6 Å². The number of anilines is 1. The van der Waals surface area contributed by atoms with Crippen molar-refractivity contribution in [3.8, 4) is 0 Å². The summed E-state index contributed by atoms with van der Waals surface area (Å²) in [5.74, 6) is 1.54. The molecule has 2 heteroatoms. The van der Waals surface area contributed by atoms with Gasteiger partial charge >= 0.3 is 0 Å². The summed E-state index contributed by atoms with van der Waals surface area (Å²) in [6, 6.07) is 6.66. The van der Waals surface area contributed by atoms with Crippen LogP contribution >= 0.6 is 11.6 Å². The number of rotatable bonds is 6. The SMILES string of the molecule is CCCN(CC1CC1)c1ccc(C)cc1CCl. The molecule has 0 radical (unpaired) electrons. The standard InChI is InChI=1S/C15H22ClN/c1-3-8-17(11-13-5-6-13)15-7-4-12(2)9-14(15)10-16/h4,7,9,13H,3,5-6,8,10-11H2,1-2H3. The van der Waals surface area contributed by atoms with Gasteiger partial charge in [-0.1, -0.05) is 24.6 Å². The summed E-state index contributed by atoms with van der Waals surface area (Å²) in [5, 5.41) is 0. The quantitative estimate of drug-likeness (QED) is 0.679. The minimum absolute atomic E-state index is 0.613. The molecule has 2 rings (SSSR count). The van der Waals surface area contributed by atoms with Crippen LogP contribution in [0, 0.1) is 12.8 Å². The fourth-order valence-corrected chi connectivity index (χ4v) is 2.54. The highest BCUT2D eigenvalue weighted by Crippen LogP contribution is 2.33. The van der Waals surface area contributed by atoms with Crippen LogP contribution in [0.5, 0.6) is 0 Å². The zero-order valence-electron chi connectivity index (χ0n) is 10.9. The summed E-state index contributed by atoms with van der Waals surface area (Å²) < 4.78 is 0. The maximum atomic E-state index is 6.07. The molecule has 1 aliphatic rings. The zero-order chi connectivity index (χ0) is 12.3. The Balaban J connectivity index is 2.20. The number of halogens is 1. The fraction of sp³-hybridized carbons (Fsp3) is 0.600. The van der Waals surface area contributed by atoms with Crippen molar-refractivity contribution in [3.63, 3.8) is 0 Å². The van der Waals surface area contributed by atoms with Crippen molar-refractivity contribution < 1.29 is 0 Å². The molecule has 0 N–H and O–H groups in total. The maximum Gasteiger partial charge on any atom is 0.0494 e. The molecule has 1 fully saturated rings. The largest absolute Gasteiger partial charge is 0.371 e. The molecule has 0 unspecified atom stereocenters. The van der Waals surface area contributed by atoms with Crippen LogP contribution in [0.2, 0.25) is 0 Å². The van der Waals surface area contributed by atoms with E-state index in [9.17, 15) is 0 Å². The molecule has 0 saturated heterocycles. The van der Waals surface area contributed by atoms with Crippen LogP contribution in [-0.4, -0.2) is 13.1 Å². The van der Waals surface area contributed by atoms with Gasteiger partial charge in [-0.2, -0.15) is 0 Å². The Morgan fingerprint density at radius 3 is 2.71 bits per heavy atom. The third kappa shape index (κ3) is 3.38. The molecule has 0 spiro atoms. The smallest absolute Gasteiger partial charge is 0.0494 e. The van der Waals surface area contributed by atoms with Crippen molar-refractivity contribution in [2.45, 2.75) is 39.0 Å². The molecule has 1 nitrogen and oxygen atoms in total. The number of hydrogen-bond acceptors (Lipinski definition) is 1. The van der Waals surface area contributed by atoms with E-state index in [1.54, 1.807) is 0 Å². The van der Waals surface area contributed by atoms with E-state index in [-0.39, 0.29) is 0 Å². The second kappa shape index (κ2) is 5.77. The molecule has 1 aromatic rings. The van der Waals surface area contributed by atoms with Gasteiger partial charge in [0.25, 0.3) is 0 Å². The van der Waals surface area contributed by atoms with Gasteiger partial charge in [0, 0.05) is 24.7 Å². The molecule has 94 valence electrons. The Bertz CT molecular complexity index is 371. The van der Waals surface area contributed by atoms with Crippen LogP contribution in [0.4, 0.5) is 5.69 Å². The predicted octanol–water partition coefficient (Wildman–Crippen LogP) is 4.36. The van der Waals surface area contributed by atoms with Gasteiger partial charge in [0.05, 0.1) is 0 Å². The second-order valence-electron chi connectivity index (χ2n) is 5.16. The van der Waals surface area contributed by atoms with Crippen LogP contribution in [0.1, 0.15) is 37.3 Å². The second-order valence-corrected chi connectivity index (χ2v) is 5.42. The topological polar surface area (TPSA) is 3.24 Å². The average molecular weight is 252 g/mol. The molecule has 1 aliphatic carbocycles. The van der Waals surface area contributed by atoms with Crippen LogP contribution < -0.4 is 4.90 Å². The van der Waals surface area contributed by atoms with Crippen molar-refractivity contribution in [1.82, 2.24) is 0 Å². The van der Waals surface area contributed by atoms with Crippen molar-refractivity contribution >= 4 is 17.3 Å². The lowest BCUT2D eigenvalue weighted by Gasteiger charge is -2.26. The molecule has 17 heavy (non-hydrogen) atoms. The van der Waals surface area contributed by atoms with E-state index in [2.05, 4.69) is 36.9 Å². The molecule has 0 heterocycles. The molecular weight excluding hydrogens is 230 g/mol. The first-order valence-corrected chi connectivity index (χ1v) is 7.18. The number of hydrogen-bond donors (Lipinski definition) is 0. The summed E-state index contributed by atoms with van der Waals surface area (Å²) in [4.78, 5) is 2.52. The highest BCUT2D eigenvalue weighted by Gasteiger charge is 2.24. The van der Waals surface area contributed by atoms with Gasteiger partial charge in [0.15, 0.2) is 0 Å². The summed E-state index contributed by atoms with van der Waals surface area (Å²) in [5.41, 5.74) is 3.92. The van der Waals surface area contributed by atoms with Crippen molar-refractivity contribution in [1.29, 1.82) is 0 Å². The van der Waals surface area contributed by atoms with Gasteiger partial charge in [0.2, 0.25) is 0 Å². The van der Waals surface area contributed by atoms with E-state index in [1.807, 2.05) is 0 Å². The Morgan fingerprint density at radius 1 is 1.35 bits per heavy atom. The summed E-state index contributed by atoms with van der Waals surface area (Å²) >= 11 is 6.07. The van der Waals surface area contributed by atoms with Gasteiger partial charge in [0.1, 0.15) is 0 Å². The minimum Gasteiger partial charge on any atom is -0.371 e. The average Bonchev–Trinajstić information content (AvgIpc) is 3.12. The molecule has 0 aliphatic heterocycles. The van der Waals surface area contributed by atoms with Crippen LogP contribution in [0.3, 0.4) is 0 Å². The monoisotopic (exact) mass is 251 g/mol. The van der Waals surface area contributed by atoms with E-state index < -0.39 is 0 Å². The van der Waals surface area contributed by atoms with E-state index in [4.69, 9.17) is 11.6 Å². The first-order valence-electron chi connectivity index (χ1n) is 6.65. The highest BCUT2D eigenvalue weighted by atomic mass is 35.5. The predicted molar refractivity (Wildman–Crippen MR) is 76.0 cm³/mol. The fourth-order valence-electron chi connectivity index (χ4n) is 2.32. The van der Waals surface area contributed by atoms with Gasteiger partial charge in [-0.25, -0.2) is 0 Å². The molecule has 0 atom stereocenters. The molecule has 0 amide bonds. The van der Waals surface area contributed by atoms with Crippen LogP contribution in [0.25, 0.3) is 0 Å². The Morgan fingerprint density at radius 2 is 2.12 bits per heavy atom.